The van der Waals surface area contributed by atoms with E-state index in [9.17, 15) is 4.79 Å². The molecule has 6 heteroatoms. The lowest BCUT2D eigenvalue weighted by Crippen LogP contribution is -2.07. The lowest BCUT2D eigenvalue weighted by molar-refractivity contribution is -0.144. The Morgan fingerprint density at radius 2 is 2.04 bits per heavy atom. The van der Waals surface area contributed by atoms with Crippen molar-refractivity contribution in [2.45, 2.75) is 26.9 Å². The number of carbonyl (C=O) groups is 1. The van der Waals surface area contributed by atoms with Gasteiger partial charge in [0.15, 0.2) is 0 Å². The number of ether oxygens (including phenoxy) is 1. The summed E-state index contributed by atoms with van der Waals surface area (Å²) >= 11 is 1.55. The monoisotopic (exact) mass is 391 g/mol. The summed E-state index contributed by atoms with van der Waals surface area (Å²) in [6.07, 6.45) is 2.01. The zero-order valence-electron chi connectivity index (χ0n) is 16.1. The molecule has 0 fully saturated rings. The highest BCUT2D eigenvalue weighted by Gasteiger charge is 2.14. The molecule has 2 aromatic heterocycles. The molecule has 0 aliphatic rings. The second-order valence-electron chi connectivity index (χ2n) is 6.91. The van der Waals surface area contributed by atoms with Crippen molar-refractivity contribution in [3.05, 3.63) is 70.5 Å². The van der Waals surface area contributed by atoms with Crippen LogP contribution in [0.15, 0.2) is 48.8 Å². The van der Waals surface area contributed by atoms with E-state index in [-0.39, 0.29) is 19.0 Å². The maximum atomic E-state index is 12.3. The number of rotatable bonds is 5. The van der Waals surface area contributed by atoms with Crippen LogP contribution in [-0.2, 0) is 29.6 Å². The Hall–Kier alpha value is -2.99. The van der Waals surface area contributed by atoms with Gasteiger partial charge in [-0.05, 0) is 37.6 Å². The van der Waals surface area contributed by atoms with Crippen LogP contribution < -0.4 is 0 Å². The van der Waals surface area contributed by atoms with Crippen LogP contribution in [-0.4, -0.2) is 20.5 Å². The van der Waals surface area contributed by atoms with Crippen molar-refractivity contribution >= 4 is 28.3 Å². The van der Waals surface area contributed by atoms with Gasteiger partial charge in [-0.15, -0.1) is 11.3 Å². The number of fused-ring (bicyclic) bond motifs is 1. The first-order valence-corrected chi connectivity index (χ1v) is 9.90. The predicted octanol–water partition coefficient (Wildman–Crippen LogP) is 4.60. The highest BCUT2D eigenvalue weighted by atomic mass is 32.1. The van der Waals surface area contributed by atoms with Crippen LogP contribution in [0.1, 0.15) is 21.7 Å². The zero-order valence-corrected chi connectivity index (χ0v) is 16.9. The van der Waals surface area contributed by atoms with Crippen molar-refractivity contribution in [3.8, 4) is 10.6 Å². The molecule has 28 heavy (non-hydrogen) atoms. The van der Waals surface area contributed by atoms with E-state index in [4.69, 9.17) is 4.74 Å². The minimum Gasteiger partial charge on any atom is -0.461 e. The largest absolute Gasteiger partial charge is 0.461 e. The maximum Gasteiger partial charge on any atom is 0.311 e. The van der Waals surface area contributed by atoms with Gasteiger partial charge in [-0.25, -0.2) is 9.97 Å². The molecule has 0 amide bonds. The van der Waals surface area contributed by atoms with E-state index < -0.39 is 0 Å². The first kappa shape index (κ1) is 18.4. The fraction of sp³-hybridized carbons (Fsp3) is 0.227. The van der Waals surface area contributed by atoms with Crippen LogP contribution in [0.2, 0.25) is 0 Å². The molecule has 0 atom stereocenters. The lowest BCUT2D eigenvalue weighted by Gasteiger charge is -2.05. The summed E-state index contributed by atoms with van der Waals surface area (Å²) in [7, 11) is 1.96. The van der Waals surface area contributed by atoms with Gasteiger partial charge < -0.3 is 9.30 Å². The number of aromatic nitrogens is 3. The van der Waals surface area contributed by atoms with Crippen LogP contribution >= 0.6 is 11.3 Å². The number of imidazole rings is 1. The minimum absolute atomic E-state index is 0.237. The van der Waals surface area contributed by atoms with Crippen molar-refractivity contribution < 1.29 is 9.53 Å². The molecule has 4 aromatic rings. The van der Waals surface area contributed by atoms with Gasteiger partial charge in [0, 0.05) is 17.5 Å². The van der Waals surface area contributed by atoms with Gasteiger partial charge in [0.2, 0.25) is 0 Å². The minimum atomic E-state index is -0.247. The Morgan fingerprint density at radius 1 is 1.18 bits per heavy atom. The molecule has 0 spiro atoms. The number of aryl methyl sites for hydroxylation is 3. The maximum absolute atomic E-state index is 12.3. The SMILES string of the molecule is Cc1cccc(-c2nc(C)c(CC(=O)OCc3ccc4c(c3)ncn4C)s2)c1. The van der Waals surface area contributed by atoms with Crippen LogP contribution in [0.5, 0.6) is 0 Å². The second kappa shape index (κ2) is 7.56. The fourth-order valence-electron chi connectivity index (χ4n) is 3.11. The van der Waals surface area contributed by atoms with Crippen LogP contribution in [0.3, 0.4) is 0 Å². The van der Waals surface area contributed by atoms with Gasteiger partial charge in [0.05, 0.1) is 29.5 Å². The summed E-state index contributed by atoms with van der Waals surface area (Å²) in [6.45, 7) is 4.24. The predicted molar refractivity (Wildman–Crippen MR) is 111 cm³/mol. The standard InChI is InChI=1S/C22H21N3O2S/c1-14-5-4-6-17(9-14)22-24-15(2)20(28-22)11-21(26)27-12-16-7-8-19-18(10-16)23-13-25(19)3/h4-10,13H,11-12H2,1-3H3. The number of thiazole rings is 1. The van der Waals surface area contributed by atoms with Crippen molar-refractivity contribution in [3.63, 3.8) is 0 Å². The van der Waals surface area contributed by atoms with Crippen LogP contribution in [0.25, 0.3) is 21.6 Å². The molecular weight excluding hydrogens is 370 g/mol. The van der Waals surface area contributed by atoms with Gasteiger partial charge in [-0.1, -0.05) is 29.8 Å². The van der Waals surface area contributed by atoms with E-state index in [1.54, 1.807) is 17.7 Å². The number of benzene rings is 2. The van der Waals surface area contributed by atoms with Crippen molar-refractivity contribution in [2.75, 3.05) is 0 Å². The summed E-state index contributed by atoms with van der Waals surface area (Å²) in [5, 5.41) is 0.935. The van der Waals surface area contributed by atoms with Crippen LogP contribution in [0.4, 0.5) is 0 Å². The average Bonchev–Trinajstić information content (AvgIpc) is 3.23. The summed E-state index contributed by atoms with van der Waals surface area (Å²) in [6, 6.07) is 14.1. The van der Waals surface area contributed by atoms with Crippen molar-refractivity contribution in [2.24, 2.45) is 7.05 Å². The quantitative estimate of drug-likeness (QED) is 0.467. The summed E-state index contributed by atoms with van der Waals surface area (Å²) in [4.78, 5) is 22.3. The molecule has 4 rings (SSSR count). The van der Waals surface area contributed by atoms with E-state index in [0.29, 0.717) is 0 Å². The Bertz CT molecular complexity index is 1160. The average molecular weight is 391 g/mol. The molecule has 5 nitrogen and oxygen atoms in total. The third kappa shape index (κ3) is 3.82. The van der Waals surface area contributed by atoms with E-state index >= 15 is 0 Å². The highest BCUT2D eigenvalue weighted by molar-refractivity contribution is 7.15. The Balaban J connectivity index is 1.42. The van der Waals surface area contributed by atoms with Gasteiger partial charge >= 0.3 is 5.97 Å². The van der Waals surface area contributed by atoms with Gasteiger partial charge in [-0.2, -0.15) is 0 Å². The molecule has 0 unspecified atom stereocenters. The van der Waals surface area contributed by atoms with E-state index in [1.807, 2.05) is 48.9 Å². The van der Waals surface area contributed by atoms with Gasteiger partial charge in [-0.3, -0.25) is 4.79 Å². The van der Waals surface area contributed by atoms with E-state index in [1.165, 1.54) is 5.56 Å². The molecule has 0 radical (unpaired) electrons. The van der Waals surface area contributed by atoms with E-state index in [2.05, 4.69) is 29.0 Å². The van der Waals surface area contributed by atoms with Gasteiger partial charge in [0.1, 0.15) is 11.6 Å². The molecule has 0 N–H and O–H groups in total. The van der Waals surface area contributed by atoms with Gasteiger partial charge in [0.25, 0.3) is 0 Å². The fourth-order valence-corrected chi connectivity index (χ4v) is 4.16. The Morgan fingerprint density at radius 3 is 2.86 bits per heavy atom. The van der Waals surface area contributed by atoms with Crippen LogP contribution in [0, 0.1) is 13.8 Å². The van der Waals surface area contributed by atoms with Crippen molar-refractivity contribution in [1.29, 1.82) is 0 Å². The normalized spacial score (nSPS) is 11.1. The molecule has 0 aliphatic heterocycles. The molecule has 0 saturated carbocycles. The molecule has 0 aliphatic carbocycles. The summed E-state index contributed by atoms with van der Waals surface area (Å²) < 4.78 is 7.44. The Kier molecular flexibility index (Phi) is 4.96. The van der Waals surface area contributed by atoms with Crippen molar-refractivity contribution in [1.82, 2.24) is 14.5 Å². The number of hydrogen-bond donors (Lipinski definition) is 0. The number of esters is 1. The summed E-state index contributed by atoms with van der Waals surface area (Å²) in [5.41, 5.74) is 6.04. The zero-order chi connectivity index (χ0) is 19.7. The number of carbonyl (C=O) groups excluding carboxylic acids is 1. The molecule has 2 aromatic carbocycles. The Labute approximate surface area is 167 Å². The number of hydrogen-bond acceptors (Lipinski definition) is 5. The number of nitrogens with zero attached hydrogens (tertiary/aromatic N) is 3. The molecule has 142 valence electrons. The molecule has 2 heterocycles. The third-order valence-electron chi connectivity index (χ3n) is 4.65. The highest BCUT2D eigenvalue weighted by Crippen LogP contribution is 2.29. The first-order chi connectivity index (χ1) is 13.5. The second-order valence-corrected chi connectivity index (χ2v) is 8.00. The van der Waals surface area contributed by atoms with E-state index in [0.717, 1.165) is 37.7 Å². The topological polar surface area (TPSA) is 57.0 Å². The smallest absolute Gasteiger partial charge is 0.311 e. The molecular formula is C22H21N3O2S. The third-order valence-corrected chi connectivity index (χ3v) is 5.86. The molecule has 0 saturated heterocycles. The lowest BCUT2D eigenvalue weighted by atomic mass is 10.1. The first-order valence-electron chi connectivity index (χ1n) is 9.08. The molecule has 0 bridgehead atoms. The summed E-state index contributed by atoms with van der Waals surface area (Å²) in [5.74, 6) is -0.247.